The lowest BCUT2D eigenvalue weighted by atomic mass is 10.2. The number of alkyl halides is 3. The number of terminal acetylenes is 1. The number of hydrogen-bond donors (Lipinski definition) is 1. The van der Waals surface area contributed by atoms with Gasteiger partial charge in [0.2, 0.25) is 0 Å². The molecule has 1 aromatic rings. The van der Waals surface area contributed by atoms with Crippen molar-refractivity contribution in [2.45, 2.75) is 70.8 Å². The zero-order valence-corrected chi connectivity index (χ0v) is 20.8. The molecule has 3 atom stereocenters. The van der Waals surface area contributed by atoms with E-state index in [9.17, 15) is 27.6 Å². The van der Waals surface area contributed by atoms with E-state index in [0.717, 1.165) is 11.8 Å². The minimum Gasteiger partial charge on any atom is -0.455 e. The Balaban J connectivity index is 2.05. The van der Waals surface area contributed by atoms with Gasteiger partial charge in [-0.15, -0.1) is 6.42 Å². The summed E-state index contributed by atoms with van der Waals surface area (Å²) in [6.07, 6.45) is -2.20. The molecule has 196 valence electrons. The molecule has 0 amide bonds. The van der Waals surface area contributed by atoms with E-state index >= 15 is 0 Å². The van der Waals surface area contributed by atoms with Gasteiger partial charge in [-0.2, -0.15) is 13.2 Å². The van der Waals surface area contributed by atoms with Crippen molar-refractivity contribution in [3.05, 3.63) is 32.6 Å². The minimum absolute atomic E-state index is 0.0436. The number of thioether (sulfide) groups is 1. The summed E-state index contributed by atoms with van der Waals surface area (Å²) in [5.74, 6) is 2.79. The number of carbonyl (C=O) groups is 1. The van der Waals surface area contributed by atoms with Crippen LogP contribution in [0.4, 0.5) is 18.0 Å². The number of aromatic amines is 1. The molecule has 0 spiro atoms. The Kier molecular flexibility index (Phi) is 10.4. The molecule has 1 aliphatic rings. The van der Waals surface area contributed by atoms with Crippen LogP contribution in [0.15, 0.2) is 15.8 Å². The van der Waals surface area contributed by atoms with Crippen molar-refractivity contribution in [2.75, 3.05) is 25.5 Å². The first-order valence-corrected chi connectivity index (χ1v) is 12.0. The zero-order valence-electron chi connectivity index (χ0n) is 20.0. The van der Waals surface area contributed by atoms with Crippen molar-refractivity contribution < 1.29 is 32.2 Å². The second kappa shape index (κ2) is 12.6. The summed E-state index contributed by atoms with van der Waals surface area (Å²) in [5.41, 5.74) is -4.16. The molecule has 1 aromatic heterocycles. The molecule has 1 saturated heterocycles. The molecule has 1 fully saturated rings. The Bertz CT molecular complexity index is 1010. The highest BCUT2D eigenvalue weighted by atomic mass is 32.2. The van der Waals surface area contributed by atoms with E-state index < -0.39 is 46.7 Å². The number of nitrogens with one attached hydrogen (secondary N) is 1. The van der Waals surface area contributed by atoms with E-state index in [-0.39, 0.29) is 19.6 Å². The smallest absolute Gasteiger partial charge is 0.423 e. The number of aromatic nitrogens is 2. The topological polar surface area (TPSA) is 103 Å². The summed E-state index contributed by atoms with van der Waals surface area (Å²) < 4.78 is 56.5. The van der Waals surface area contributed by atoms with Gasteiger partial charge >= 0.3 is 17.2 Å². The standard InChI is InChI=1S/C22H30F3N3O6S/c1-6-8-32-16-10-18(28-11-15(22(23,24)25)19(29)26-20(28)30)34-17(16)12-33-21(31)35-9-7-27(13(2)3)14(4)5/h1,11,13-14,16-18H,7-10,12H2,2-5H3,(H,26,29,30)/t16-,17+,18+/m0/s1. The Hall–Kier alpha value is -2.27. The van der Waals surface area contributed by atoms with Gasteiger partial charge in [0.25, 0.3) is 5.56 Å². The number of nitrogens with zero attached hydrogens (tertiary/aromatic N) is 2. The average Bonchev–Trinajstić information content (AvgIpc) is 3.14. The predicted molar refractivity (Wildman–Crippen MR) is 124 cm³/mol. The van der Waals surface area contributed by atoms with Gasteiger partial charge in [0, 0.05) is 37.0 Å². The first kappa shape index (κ1) is 29.0. The number of hydrogen-bond acceptors (Lipinski definition) is 8. The molecule has 13 heteroatoms. The van der Waals surface area contributed by atoms with Crippen LogP contribution in [0.3, 0.4) is 0 Å². The maximum absolute atomic E-state index is 13.1. The van der Waals surface area contributed by atoms with E-state index in [0.29, 0.717) is 35.1 Å². The number of carbonyl (C=O) groups excluding carboxylic acids is 1. The van der Waals surface area contributed by atoms with E-state index in [2.05, 4.69) is 38.5 Å². The molecule has 2 heterocycles. The van der Waals surface area contributed by atoms with Crippen LogP contribution in [0.25, 0.3) is 0 Å². The average molecular weight is 522 g/mol. The molecule has 9 nitrogen and oxygen atoms in total. The Morgan fingerprint density at radius 1 is 1.34 bits per heavy atom. The van der Waals surface area contributed by atoms with Gasteiger partial charge in [-0.1, -0.05) is 5.92 Å². The molecular weight excluding hydrogens is 491 g/mol. The quantitative estimate of drug-likeness (QED) is 0.371. The summed E-state index contributed by atoms with van der Waals surface area (Å²) in [4.78, 5) is 39.8. The summed E-state index contributed by atoms with van der Waals surface area (Å²) in [7, 11) is 0. The maximum atomic E-state index is 13.1. The monoisotopic (exact) mass is 521 g/mol. The highest BCUT2D eigenvalue weighted by Gasteiger charge is 2.40. The molecule has 1 N–H and O–H groups in total. The SMILES string of the molecule is C#CCO[C@H]1C[C@H](n2cc(C(F)(F)F)c(=O)[nH]c2=O)O[C@@H]1COC(=O)SCCN(C(C)C)C(C)C. The lowest BCUT2D eigenvalue weighted by Gasteiger charge is -2.30. The third kappa shape index (κ3) is 8.13. The highest BCUT2D eigenvalue weighted by molar-refractivity contribution is 8.13. The van der Waals surface area contributed by atoms with Crippen molar-refractivity contribution in [3.63, 3.8) is 0 Å². The minimum atomic E-state index is -4.96. The van der Waals surface area contributed by atoms with Gasteiger partial charge in [0.05, 0.1) is 6.10 Å². The van der Waals surface area contributed by atoms with E-state index in [1.807, 2.05) is 0 Å². The van der Waals surface area contributed by atoms with Crippen LogP contribution in [-0.2, 0) is 20.4 Å². The van der Waals surface area contributed by atoms with Gasteiger partial charge in [0.1, 0.15) is 31.1 Å². The van der Waals surface area contributed by atoms with Crippen LogP contribution in [0.1, 0.15) is 45.9 Å². The van der Waals surface area contributed by atoms with Gasteiger partial charge in [-0.3, -0.25) is 19.2 Å². The third-order valence-corrected chi connectivity index (χ3v) is 6.15. The van der Waals surface area contributed by atoms with E-state index in [1.54, 1.807) is 4.98 Å². The van der Waals surface area contributed by atoms with Crippen molar-refractivity contribution in [3.8, 4) is 12.3 Å². The molecule has 0 aromatic carbocycles. The van der Waals surface area contributed by atoms with E-state index in [1.165, 1.54) is 0 Å². The van der Waals surface area contributed by atoms with Gasteiger partial charge in [0.15, 0.2) is 0 Å². The van der Waals surface area contributed by atoms with Gasteiger partial charge in [-0.25, -0.2) is 9.59 Å². The normalized spacial score (nSPS) is 20.5. The molecule has 2 rings (SSSR count). The number of rotatable bonds is 10. The Morgan fingerprint density at radius 3 is 2.57 bits per heavy atom. The van der Waals surface area contributed by atoms with Crippen molar-refractivity contribution in [1.82, 2.24) is 14.5 Å². The highest BCUT2D eigenvalue weighted by Crippen LogP contribution is 2.32. The fraction of sp³-hybridized carbons (Fsp3) is 0.682. The Labute approximate surface area is 205 Å². The Morgan fingerprint density at radius 2 is 2.00 bits per heavy atom. The zero-order chi connectivity index (χ0) is 26.3. The van der Waals surface area contributed by atoms with Crippen LogP contribution in [0, 0.1) is 12.3 Å². The van der Waals surface area contributed by atoms with Crippen LogP contribution in [-0.4, -0.2) is 69.6 Å². The van der Waals surface area contributed by atoms with Crippen molar-refractivity contribution in [2.24, 2.45) is 0 Å². The fourth-order valence-electron chi connectivity index (χ4n) is 3.79. The largest absolute Gasteiger partial charge is 0.455 e. The second-order valence-corrected chi connectivity index (χ2v) is 9.49. The summed E-state index contributed by atoms with van der Waals surface area (Å²) in [6, 6.07) is 0.636. The number of H-pyrrole nitrogens is 1. The molecule has 35 heavy (non-hydrogen) atoms. The molecule has 0 aliphatic carbocycles. The molecule has 1 aliphatic heterocycles. The first-order valence-electron chi connectivity index (χ1n) is 11.0. The first-order chi connectivity index (χ1) is 16.3. The molecule has 0 bridgehead atoms. The molecule has 0 saturated carbocycles. The van der Waals surface area contributed by atoms with E-state index in [4.69, 9.17) is 20.6 Å². The summed E-state index contributed by atoms with van der Waals surface area (Å²) in [6.45, 7) is 8.59. The third-order valence-electron chi connectivity index (χ3n) is 5.41. The van der Waals surface area contributed by atoms with Crippen LogP contribution in [0.2, 0.25) is 0 Å². The molecule has 0 unspecified atom stereocenters. The van der Waals surface area contributed by atoms with Gasteiger partial charge in [-0.05, 0) is 39.5 Å². The lowest BCUT2D eigenvalue weighted by molar-refractivity contribution is -0.139. The maximum Gasteiger partial charge on any atom is 0.423 e. The fourth-order valence-corrected chi connectivity index (χ4v) is 4.41. The van der Waals surface area contributed by atoms with Crippen LogP contribution >= 0.6 is 11.8 Å². The number of halogens is 3. The molecular formula is C22H30F3N3O6S. The summed E-state index contributed by atoms with van der Waals surface area (Å²) >= 11 is 0.996. The van der Waals surface area contributed by atoms with Crippen LogP contribution in [0.5, 0.6) is 0 Å². The summed E-state index contributed by atoms with van der Waals surface area (Å²) in [5, 5.41) is -0.541. The molecule has 0 radical (unpaired) electrons. The predicted octanol–water partition coefficient (Wildman–Crippen LogP) is 2.85. The lowest BCUT2D eigenvalue weighted by Crippen LogP contribution is -2.38. The van der Waals surface area contributed by atoms with Gasteiger partial charge < -0.3 is 14.2 Å². The van der Waals surface area contributed by atoms with Crippen molar-refractivity contribution >= 4 is 17.1 Å². The van der Waals surface area contributed by atoms with Crippen LogP contribution < -0.4 is 11.2 Å². The second-order valence-electron chi connectivity index (χ2n) is 8.46. The van der Waals surface area contributed by atoms with Crippen molar-refractivity contribution in [1.29, 1.82) is 0 Å². The number of ether oxygens (including phenoxy) is 3.